The predicted octanol–water partition coefficient (Wildman–Crippen LogP) is 15.3. The van der Waals surface area contributed by atoms with E-state index in [0.717, 1.165) is 0 Å². The lowest BCUT2D eigenvalue weighted by molar-refractivity contribution is 0.660. The molecule has 0 bridgehead atoms. The van der Waals surface area contributed by atoms with E-state index in [4.69, 9.17) is 0 Å². The second-order valence-corrected chi connectivity index (χ2v) is 18.7. The van der Waals surface area contributed by atoms with Gasteiger partial charge in [-0.15, -0.1) is 0 Å². The summed E-state index contributed by atoms with van der Waals surface area (Å²) in [5, 5.41) is 2.46. The van der Waals surface area contributed by atoms with Crippen molar-refractivity contribution in [3.63, 3.8) is 0 Å². The second kappa shape index (κ2) is 11.4. The van der Waals surface area contributed by atoms with Crippen molar-refractivity contribution in [2.24, 2.45) is 0 Å². The monoisotopic (exact) mass is 754 g/mol. The van der Waals surface area contributed by atoms with Gasteiger partial charge in [0.15, 0.2) is 0 Å². The van der Waals surface area contributed by atoms with Gasteiger partial charge in [0.2, 0.25) is 0 Å². The van der Waals surface area contributed by atoms with Crippen molar-refractivity contribution in [2.45, 2.75) is 58.1 Å². The Bertz CT molecular complexity index is 2810. The van der Waals surface area contributed by atoms with E-state index in [1.807, 2.05) is 23.5 Å². The number of fused-ring (bicyclic) bond motifs is 11. The topological polar surface area (TPSA) is 6.48 Å². The zero-order chi connectivity index (χ0) is 37.5. The van der Waals surface area contributed by atoms with Crippen molar-refractivity contribution in [3.8, 4) is 22.3 Å². The van der Waals surface area contributed by atoms with Gasteiger partial charge in [0.05, 0.1) is 34.1 Å². The van der Waals surface area contributed by atoms with E-state index >= 15 is 0 Å². The third kappa shape index (κ3) is 4.32. The molecule has 2 heterocycles. The lowest BCUT2D eigenvalue weighted by Crippen LogP contribution is -2.19. The van der Waals surface area contributed by atoms with Crippen LogP contribution in [0.5, 0.6) is 0 Å². The SMILES string of the molecule is CC1(C)c2ccccc2-c2cc3c(cc21)N(c1cccc2c(N4c5ccccc5Sc5cc6c(cc54)C(C)(C)c4ccccc4-6)cccc12)c1ccccc1S3. The molecule has 0 unspecified atom stereocenters. The maximum Gasteiger partial charge on any atom is 0.0605 e. The fourth-order valence-electron chi connectivity index (χ4n) is 10.1. The largest absolute Gasteiger partial charge is 0.308 e. The van der Waals surface area contributed by atoms with Crippen LogP contribution in [0.1, 0.15) is 49.9 Å². The van der Waals surface area contributed by atoms with Gasteiger partial charge < -0.3 is 9.80 Å². The summed E-state index contributed by atoms with van der Waals surface area (Å²) in [7, 11) is 0. The number of rotatable bonds is 2. The molecule has 0 aromatic heterocycles. The van der Waals surface area contributed by atoms with Gasteiger partial charge in [-0.2, -0.15) is 0 Å². The molecule has 56 heavy (non-hydrogen) atoms. The van der Waals surface area contributed by atoms with Crippen LogP contribution in [0.25, 0.3) is 33.0 Å². The number of hydrogen-bond acceptors (Lipinski definition) is 4. The molecular formula is C52H38N2S2. The minimum Gasteiger partial charge on any atom is -0.308 e. The second-order valence-electron chi connectivity index (χ2n) is 16.5. The lowest BCUT2D eigenvalue weighted by atomic mass is 9.82. The molecule has 4 heteroatoms. The highest BCUT2D eigenvalue weighted by molar-refractivity contribution is 8.00. The predicted molar refractivity (Wildman–Crippen MR) is 237 cm³/mol. The summed E-state index contributed by atoms with van der Waals surface area (Å²) in [5.41, 5.74) is 18.1. The van der Waals surface area contributed by atoms with Gasteiger partial charge in [-0.3, -0.25) is 0 Å². The Morgan fingerprint density at radius 3 is 1.18 bits per heavy atom. The van der Waals surface area contributed by atoms with Crippen LogP contribution in [0.2, 0.25) is 0 Å². The molecule has 8 aromatic rings. The zero-order valence-corrected chi connectivity index (χ0v) is 33.4. The lowest BCUT2D eigenvalue weighted by Gasteiger charge is -2.36. The molecule has 2 nitrogen and oxygen atoms in total. The van der Waals surface area contributed by atoms with Crippen LogP contribution in [-0.2, 0) is 10.8 Å². The van der Waals surface area contributed by atoms with E-state index in [1.165, 1.54) is 109 Å². The van der Waals surface area contributed by atoms with Crippen molar-refractivity contribution in [1.29, 1.82) is 0 Å². The summed E-state index contributed by atoms with van der Waals surface area (Å²) in [6.45, 7) is 9.52. The Morgan fingerprint density at radius 1 is 0.321 bits per heavy atom. The Balaban J connectivity index is 1.08. The standard InChI is InChI=1S/C52H38N2S2/c1-51(2)37-19-7-5-15-31(37)35-27-49-45(29-39(35)51)53(43-21-9-11-25-47(43)55-49)41-23-13-18-34-33(41)17-14-24-42(34)54-44-22-10-12-26-48(44)56-50-28-36-32-16-6-8-20-38(32)52(3,4)40(36)30-46(50)54/h5-30H,1-4H3. The highest BCUT2D eigenvalue weighted by Crippen LogP contribution is 2.60. The van der Waals surface area contributed by atoms with Gasteiger partial charge in [0, 0.05) is 41.2 Å². The van der Waals surface area contributed by atoms with Crippen LogP contribution in [0.15, 0.2) is 177 Å². The summed E-state index contributed by atoms with van der Waals surface area (Å²) >= 11 is 3.78. The molecule has 4 aliphatic rings. The summed E-state index contributed by atoms with van der Waals surface area (Å²) in [6, 6.07) is 59.4. The Labute approximate surface area is 336 Å². The van der Waals surface area contributed by atoms with Crippen LogP contribution < -0.4 is 9.80 Å². The molecule has 0 amide bonds. The summed E-state index contributed by atoms with van der Waals surface area (Å²) < 4.78 is 0. The molecule has 2 aliphatic heterocycles. The molecule has 268 valence electrons. The minimum absolute atomic E-state index is 0.0939. The number of benzene rings is 8. The van der Waals surface area contributed by atoms with Crippen LogP contribution in [0.4, 0.5) is 34.1 Å². The maximum atomic E-state index is 2.53. The van der Waals surface area contributed by atoms with Crippen LogP contribution in [-0.4, -0.2) is 0 Å². The van der Waals surface area contributed by atoms with Gasteiger partial charge in [-0.25, -0.2) is 0 Å². The minimum atomic E-state index is -0.0939. The highest BCUT2D eigenvalue weighted by atomic mass is 32.2. The molecule has 0 radical (unpaired) electrons. The smallest absolute Gasteiger partial charge is 0.0605 e. The Hall–Kier alpha value is -5.68. The van der Waals surface area contributed by atoms with Crippen molar-refractivity contribution in [2.75, 3.05) is 9.80 Å². The molecule has 0 spiro atoms. The molecule has 0 N–H and O–H groups in total. The van der Waals surface area contributed by atoms with Crippen molar-refractivity contribution < 1.29 is 0 Å². The summed E-state index contributed by atoms with van der Waals surface area (Å²) in [6.07, 6.45) is 0. The summed E-state index contributed by atoms with van der Waals surface area (Å²) in [4.78, 5) is 10.2. The van der Waals surface area contributed by atoms with Crippen LogP contribution in [0.3, 0.4) is 0 Å². The van der Waals surface area contributed by atoms with Gasteiger partial charge >= 0.3 is 0 Å². The van der Waals surface area contributed by atoms with Crippen LogP contribution >= 0.6 is 23.5 Å². The first kappa shape index (κ1) is 32.6. The molecule has 2 aliphatic carbocycles. The fourth-order valence-corrected chi connectivity index (χ4v) is 12.2. The van der Waals surface area contributed by atoms with E-state index in [0.29, 0.717) is 0 Å². The highest BCUT2D eigenvalue weighted by Gasteiger charge is 2.40. The van der Waals surface area contributed by atoms with E-state index < -0.39 is 0 Å². The van der Waals surface area contributed by atoms with Gasteiger partial charge in [0.25, 0.3) is 0 Å². The average Bonchev–Trinajstić information content (AvgIpc) is 3.58. The quantitative estimate of drug-likeness (QED) is 0.173. The van der Waals surface area contributed by atoms with Crippen molar-refractivity contribution in [1.82, 2.24) is 0 Å². The fraction of sp³-hybridized carbons (Fsp3) is 0.115. The first-order chi connectivity index (χ1) is 27.3. The molecule has 0 saturated carbocycles. The van der Waals surface area contributed by atoms with Gasteiger partial charge in [-0.05, 0) is 105 Å². The van der Waals surface area contributed by atoms with Gasteiger partial charge in [0.1, 0.15) is 0 Å². The summed E-state index contributed by atoms with van der Waals surface area (Å²) in [5.74, 6) is 0. The first-order valence-electron chi connectivity index (χ1n) is 19.5. The zero-order valence-electron chi connectivity index (χ0n) is 31.7. The third-order valence-corrected chi connectivity index (χ3v) is 15.0. The number of para-hydroxylation sites is 2. The normalized spacial score (nSPS) is 15.9. The first-order valence-corrected chi connectivity index (χ1v) is 21.1. The van der Waals surface area contributed by atoms with E-state index in [1.54, 1.807) is 0 Å². The molecule has 0 fully saturated rings. The molecule has 0 saturated heterocycles. The molecular weight excluding hydrogens is 717 g/mol. The van der Waals surface area contributed by atoms with E-state index in [-0.39, 0.29) is 10.8 Å². The molecule has 0 atom stereocenters. The molecule has 8 aromatic carbocycles. The maximum absolute atomic E-state index is 2.53. The van der Waals surface area contributed by atoms with Crippen molar-refractivity contribution in [3.05, 3.63) is 180 Å². The Kier molecular flexibility index (Phi) is 6.65. The van der Waals surface area contributed by atoms with Gasteiger partial charge in [-0.1, -0.05) is 148 Å². The van der Waals surface area contributed by atoms with Crippen molar-refractivity contribution >= 4 is 68.4 Å². The third-order valence-electron chi connectivity index (χ3n) is 12.8. The van der Waals surface area contributed by atoms with Crippen LogP contribution in [0, 0.1) is 0 Å². The van der Waals surface area contributed by atoms with E-state index in [2.05, 4.69) is 195 Å². The molecule has 12 rings (SSSR count). The number of anilines is 6. The average molecular weight is 755 g/mol. The number of nitrogens with zero attached hydrogens (tertiary/aromatic N) is 2. The van der Waals surface area contributed by atoms with E-state index in [9.17, 15) is 0 Å². The Morgan fingerprint density at radius 2 is 0.714 bits per heavy atom. The number of hydrogen-bond donors (Lipinski definition) is 0.